The molecule has 0 bridgehead atoms. The Kier molecular flexibility index (Phi) is 4.74. The molecular formula is C16H21NO2. The van der Waals surface area contributed by atoms with Crippen LogP contribution in [0.3, 0.4) is 0 Å². The van der Waals surface area contributed by atoms with Gasteiger partial charge in [-0.05, 0) is 37.3 Å². The zero-order valence-electron chi connectivity index (χ0n) is 11.4. The summed E-state index contributed by atoms with van der Waals surface area (Å²) < 4.78 is 4.92. The van der Waals surface area contributed by atoms with Crippen molar-refractivity contribution >= 4 is 5.97 Å². The Labute approximate surface area is 114 Å². The number of rotatable bonds is 5. The summed E-state index contributed by atoms with van der Waals surface area (Å²) in [5.74, 6) is -0.300. The van der Waals surface area contributed by atoms with Crippen LogP contribution in [0.5, 0.6) is 0 Å². The van der Waals surface area contributed by atoms with Crippen LogP contribution in [0.1, 0.15) is 24.5 Å². The molecule has 0 fully saturated rings. The summed E-state index contributed by atoms with van der Waals surface area (Å²) in [5.41, 5.74) is 3.36. The van der Waals surface area contributed by atoms with Crippen LogP contribution in [0.2, 0.25) is 0 Å². The van der Waals surface area contributed by atoms with Crippen LogP contribution in [0.25, 0.3) is 0 Å². The molecule has 0 radical (unpaired) electrons. The molecule has 0 heterocycles. The van der Waals surface area contributed by atoms with Crippen LogP contribution in [0.4, 0.5) is 0 Å². The van der Waals surface area contributed by atoms with Gasteiger partial charge in [0.2, 0.25) is 0 Å². The number of benzene rings is 1. The molecule has 19 heavy (non-hydrogen) atoms. The fourth-order valence-corrected chi connectivity index (χ4v) is 2.44. The van der Waals surface area contributed by atoms with E-state index in [0.717, 1.165) is 19.3 Å². The van der Waals surface area contributed by atoms with E-state index in [2.05, 4.69) is 36.2 Å². The molecule has 0 amide bonds. The number of aryl methyl sites for hydroxylation is 1. The normalized spacial score (nSPS) is 17.6. The van der Waals surface area contributed by atoms with Crippen LogP contribution in [0.15, 0.2) is 36.4 Å². The van der Waals surface area contributed by atoms with Gasteiger partial charge in [-0.25, -0.2) is 4.79 Å². The number of fused-ring (bicyclic) bond motifs is 1. The van der Waals surface area contributed by atoms with Crippen LogP contribution >= 0.6 is 0 Å². The maximum absolute atomic E-state index is 11.5. The molecule has 102 valence electrons. The van der Waals surface area contributed by atoms with Gasteiger partial charge in [0.05, 0.1) is 6.61 Å². The first-order chi connectivity index (χ1) is 9.20. The lowest BCUT2D eigenvalue weighted by Gasteiger charge is -2.25. The van der Waals surface area contributed by atoms with E-state index in [4.69, 9.17) is 4.74 Å². The van der Waals surface area contributed by atoms with E-state index >= 15 is 0 Å². The van der Waals surface area contributed by atoms with Crippen LogP contribution in [-0.4, -0.2) is 25.2 Å². The predicted octanol–water partition coefficient (Wildman–Crippen LogP) is 2.25. The molecule has 1 atom stereocenters. The SMILES string of the molecule is C=C(CNC1CCc2ccccc2C1)C(=O)OCC. The van der Waals surface area contributed by atoms with Crippen LogP contribution < -0.4 is 5.32 Å². The Hall–Kier alpha value is -1.61. The largest absolute Gasteiger partial charge is 0.463 e. The number of carbonyl (C=O) groups excluding carboxylic acids is 1. The third-order valence-electron chi connectivity index (χ3n) is 3.52. The van der Waals surface area contributed by atoms with Gasteiger partial charge < -0.3 is 10.1 Å². The minimum atomic E-state index is -0.300. The Bertz CT molecular complexity index is 468. The van der Waals surface area contributed by atoms with Crippen molar-refractivity contribution in [2.75, 3.05) is 13.2 Å². The lowest BCUT2D eigenvalue weighted by Crippen LogP contribution is -2.36. The van der Waals surface area contributed by atoms with E-state index in [1.165, 1.54) is 11.1 Å². The Morgan fingerprint density at radius 2 is 2.16 bits per heavy atom. The topological polar surface area (TPSA) is 38.3 Å². The summed E-state index contributed by atoms with van der Waals surface area (Å²) in [5, 5.41) is 3.40. The van der Waals surface area contributed by atoms with Crippen molar-refractivity contribution in [2.45, 2.75) is 32.2 Å². The number of esters is 1. The van der Waals surface area contributed by atoms with Gasteiger partial charge in [0, 0.05) is 18.2 Å². The highest BCUT2D eigenvalue weighted by Gasteiger charge is 2.18. The molecule has 1 N–H and O–H groups in total. The summed E-state index contributed by atoms with van der Waals surface area (Å²) in [4.78, 5) is 11.5. The third-order valence-corrected chi connectivity index (χ3v) is 3.52. The molecule has 0 aliphatic heterocycles. The zero-order chi connectivity index (χ0) is 13.7. The molecule has 0 spiro atoms. The highest BCUT2D eigenvalue weighted by atomic mass is 16.5. The Morgan fingerprint density at radius 1 is 1.42 bits per heavy atom. The molecule has 0 saturated carbocycles. The minimum absolute atomic E-state index is 0.300. The average Bonchev–Trinajstić information content (AvgIpc) is 2.44. The highest BCUT2D eigenvalue weighted by molar-refractivity contribution is 5.88. The van der Waals surface area contributed by atoms with Gasteiger partial charge in [0.25, 0.3) is 0 Å². The van der Waals surface area contributed by atoms with E-state index in [9.17, 15) is 4.79 Å². The smallest absolute Gasteiger partial charge is 0.334 e. The minimum Gasteiger partial charge on any atom is -0.463 e. The van der Waals surface area contributed by atoms with E-state index in [1.54, 1.807) is 6.92 Å². The number of ether oxygens (including phenoxy) is 1. The standard InChI is InChI=1S/C16H21NO2/c1-3-19-16(18)12(2)11-17-15-9-8-13-6-4-5-7-14(13)10-15/h4-7,15,17H,2-3,8-11H2,1H3. The third kappa shape index (κ3) is 3.67. The summed E-state index contributed by atoms with van der Waals surface area (Å²) in [6, 6.07) is 8.97. The molecule has 0 saturated heterocycles. The number of hydrogen-bond donors (Lipinski definition) is 1. The van der Waals surface area contributed by atoms with Crippen molar-refractivity contribution in [3.05, 3.63) is 47.5 Å². The molecule has 0 aromatic heterocycles. The van der Waals surface area contributed by atoms with E-state index in [0.29, 0.717) is 24.8 Å². The van der Waals surface area contributed by atoms with E-state index < -0.39 is 0 Å². The molecule has 1 unspecified atom stereocenters. The molecule has 1 aliphatic carbocycles. The Balaban J connectivity index is 1.83. The monoisotopic (exact) mass is 259 g/mol. The first kappa shape index (κ1) is 13.8. The molecule has 1 aliphatic rings. The molecule has 1 aromatic rings. The van der Waals surface area contributed by atoms with Gasteiger partial charge in [-0.2, -0.15) is 0 Å². The number of nitrogens with one attached hydrogen (secondary N) is 1. The van der Waals surface area contributed by atoms with Gasteiger partial charge in [-0.15, -0.1) is 0 Å². The molecule has 3 heteroatoms. The summed E-state index contributed by atoms with van der Waals surface area (Å²) in [7, 11) is 0. The summed E-state index contributed by atoms with van der Waals surface area (Å²) in [6.45, 7) is 6.47. The van der Waals surface area contributed by atoms with Crippen molar-refractivity contribution < 1.29 is 9.53 Å². The van der Waals surface area contributed by atoms with Crippen LogP contribution in [0, 0.1) is 0 Å². The van der Waals surface area contributed by atoms with E-state index in [1.807, 2.05) is 0 Å². The second-order valence-corrected chi connectivity index (χ2v) is 4.91. The van der Waals surface area contributed by atoms with Crippen molar-refractivity contribution in [3.63, 3.8) is 0 Å². The molecular weight excluding hydrogens is 238 g/mol. The van der Waals surface area contributed by atoms with Gasteiger partial charge in [-0.3, -0.25) is 0 Å². The number of hydrogen-bond acceptors (Lipinski definition) is 3. The van der Waals surface area contributed by atoms with Crippen molar-refractivity contribution in [1.29, 1.82) is 0 Å². The lowest BCUT2D eigenvalue weighted by molar-refractivity contribution is -0.138. The van der Waals surface area contributed by atoms with Crippen molar-refractivity contribution in [1.82, 2.24) is 5.32 Å². The van der Waals surface area contributed by atoms with Crippen molar-refractivity contribution in [2.24, 2.45) is 0 Å². The second kappa shape index (κ2) is 6.53. The van der Waals surface area contributed by atoms with Crippen LogP contribution in [-0.2, 0) is 22.4 Å². The first-order valence-electron chi connectivity index (χ1n) is 6.85. The summed E-state index contributed by atoms with van der Waals surface area (Å²) in [6.07, 6.45) is 3.22. The zero-order valence-corrected chi connectivity index (χ0v) is 11.4. The van der Waals surface area contributed by atoms with Gasteiger partial charge in [-0.1, -0.05) is 30.8 Å². The number of carbonyl (C=O) groups is 1. The quantitative estimate of drug-likeness (QED) is 0.651. The maximum Gasteiger partial charge on any atom is 0.334 e. The van der Waals surface area contributed by atoms with Gasteiger partial charge in [0.15, 0.2) is 0 Å². The second-order valence-electron chi connectivity index (χ2n) is 4.91. The van der Waals surface area contributed by atoms with Crippen molar-refractivity contribution in [3.8, 4) is 0 Å². The summed E-state index contributed by atoms with van der Waals surface area (Å²) >= 11 is 0. The molecule has 2 rings (SSSR count). The highest BCUT2D eigenvalue weighted by Crippen LogP contribution is 2.21. The first-order valence-corrected chi connectivity index (χ1v) is 6.85. The average molecular weight is 259 g/mol. The molecule has 1 aromatic carbocycles. The fourth-order valence-electron chi connectivity index (χ4n) is 2.44. The predicted molar refractivity (Wildman–Crippen MR) is 76.0 cm³/mol. The fraction of sp³-hybridized carbons (Fsp3) is 0.438. The van der Waals surface area contributed by atoms with Gasteiger partial charge in [0.1, 0.15) is 0 Å². The van der Waals surface area contributed by atoms with Gasteiger partial charge >= 0.3 is 5.97 Å². The lowest BCUT2D eigenvalue weighted by atomic mass is 9.88. The van der Waals surface area contributed by atoms with E-state index in [-0.39, 0.29) is 5.97 Å². The maximum atomic E-state index is 11.5. The Morgan fingerprint density at radius 3 is 2.89 bits per heavy atom. The molecule has 3 nitrogen and oxygen atoms in total.